The zero-order chi connectivity index (χ0) is 21.9. The van der Waals surface area contributed by atoms with Crippen LogP contribution in [0.4, 0.5) is 10.5 Å². The van der Waals surface area contributed by atoms with E-state index in [2.05, 4.69) is 26.0 Å². The van der Waals surface area contributed by atoms with E-state index in [-0.39, 0.29) is 6.42 Å². The maximum atomic E-state index is 12.5. The van der Waals surface area contributed by atoms with Crippen molar-refractivity contribution in [1.82, 2.24) is 15.6 Å². The fourth-order valence-corrected chi connectivity index (χ4v) is 2.54. The van der Waals surface area contributed by atoms with Crippen molar-refractivity contribution in [2.75, 3.05) is 11.9 Å². The fraction of sp³-hybridized carbons (Fsp3) is 0.211. The van der Waals surface area contributed by atoms with Gasteiger partial charge < -0.3 is 32.0 Å². The number of amides is 3. The molecule has 0 aliphatic carbocycles. The largest absolute Gasteiger partial charge is 0.481 e. The Morgan fingerprint density at radius 2 is 1.90 bits per heavy atom. The number of hydrogen-bond acceptors (Lipinski definition) is 7. The van der Waals surface area contributed by atoms with Crippen LogP contribution in [0.5, 0.6) is 0 Å². The first-order chi connectivity index (χ1) is 14.4. The summed E-state index contributed by atoms with van der Waals surface area (Å²) in [5, 5.41) is 29.4. The lowest BCUT2D eigenvalue weighted by Gasteiger charge is -2.21. The standard InChI is InChI=1S/C19H22N6O5/c20-22-9-12-3-5-14(6-4-12)23-19(30)25-16(11-26)18(29)24-15(8-17(27)28)13-2-1-7-21-10-13/h1-7,9-10,15-16,26H,8,11,20H2,(H,24,29)(H,27,28)(H2,23,25,30)/t15?,16-/m0/s1. The summed E-state index contributed by atoms with van der Waals surface area (Å²) in [6.07, 6.45) is 3.99. The van der Waals surface area contributed by atoms with Crippen LogP contribution in [0.15, 0.2) is 53.9 Å². The van der Waals surface area contributed by atoms with E-state index >= 15 is 0 Å². The van der Waals surface area contributed by atoms with Crippen LogP contribution in [0, 0.1) is 0 Å². The van der Waals surface area contributed by atoms with Crippen LogP contribution in [0.1, 0.15) is 23.6 Å². The second-order valence-electron chi connectivity index (χ2n) is 6.18. The SMILES string of the molecule is NN=Cc1ccc(NC(=O)N[C@@H](CO)C(=O)NC(CC(=O)O)c2cccnc2)cc1. The molecule has 2 atom stereocenters. The maximum absolute atomic E-state index is 12.5. The molecular formula is C19H22N6O5. The van der Waals surface area contributed by atoms with Gasteiger partial charge in [-0.25, -0.2) is 4.79 Å². The Balaban J connectivity index is 2.00. The molecule has 0 spiro atoms. The first kappa shape index (κ1) is 22.3. The third-order valence-corrected chi connectivity index (χ3v) is 3.98. The average molecular weight is 414 g/mol. The number of carbonyl (C=O) groups excluding carboxylic acids is 2. The molecule has 158 valence electrons. The van der Waals surface area contributed by atoms with Crippen LogP contribution in [0.25, 0.3) is 0 Å². The van der Waals surface area contributed by atoms with E-state index < -0.39 is 36.6 Å². The molecule has 1 aromatic carbocycles. The molecule has 3 amide bonds. The molecule has 30 heavy (non-hydrogen) atoms. The zero-order valence-corrected chi connectivity index (χ0v) is 15.9. The number of hydrazone groups is 1. The van der Waals surface area contributed by atoms with Gasteiger partial charge in [0.15, 0.2) is 0 Å². The summed E-state index contributed by atoms with van der Waals surface area (Å²) < 4.78 is 0. The summed E-state index contributed by atoms with van der Waals surface area (Å²) in [4.78, 5) is 39.7. The molecule has 0 aliphatic rings. The molecule has 0 fully saturated rings. The van der Waals surface area contributed by atoms with Gasteiger partial charge in [-0.2, -0.15) is 5.10 Å². The van der Waals surface area contributed by atoms with Crippen molar-refractivity contribution in [2.24, 2.45) is 10.9 Å². The van der Waals surface area contributed by atoms with Gasteiger partial charge in [0.25, 0.3) is 0 Å². The smallest absolute Gasteiger partial charge is 0.319 e. The lowest BCUT2D eigenvalue weighted by molar-refractivity contribution is -0.137. The highest BCUT2D eigenvalue weighted by molar-refractivity contribution is 5.94. The minimum atomic E-state index is -1.29. The number of carbonyl (C=O) groups is 3. The Bertz CT molecular complexity index is 888. The number of hydrogen-bond donors (Lipinski definition) is 6. The number of aliphatic hydroxyl groups excluding tert-OH is 1. The van der Waals surface area contributed by atoms with Gasteiger partial charge in [0.05, 0.1) is 25.3 Å². The van der Waals surface area contributed by atoms with E-state index in [9.17, 15) is 19.5 Å². The lowest BCUT2D eigenvalue weighted by Crippen LogP contribution is -2.51. The van der Waals surface area contributed by atoms with Crippen LogP contribution in [0.3, 0.4) is 0 Å². The van der Waals surface area contributed by atoms with E-state index in [4.69, 9.17) is 10.9 Å². The van der Waals surface area contributed by atoms with Crippen molar-refractivity contribution in [3.05, 3.63) is 59.9 Å². The molecular weight excluding hydrogens is 392 g/mol. The van der Waals surface area contributed by atoms with E-state index in [0.717, 1.165) is 5.56 Å². The monoisotopic (exact) mass is 414 g/mol. The zero-order valence-electron chi connectivity index (χ0n) is 15.9. The van der Waals surface area contributed by atoms with Gasteiger partial charge in [0, 0.05) is 18.1 Å². The van der Waals surface area contributed by atoms with E-state index in [1.54, 1.807) is 36.4 Å². The summed E-state index contributed by atoms with van der Waals surface area (Å²) in [5.41, 5.74) is 1.66. The number of nitrogens with zero attached hydrogens (tertiary/aromatic N) is 2. The van der Waals surface area contributed by atoms with E-state index in [0.29, 0.717) is 11.3 Å². The Hall–Kier alpha value is -3.99. The number of urea groups is 1. The minimum Gasteiger partial charge on any atom is -0.481 e. The number of benzene rings is 1. The summed E-state index contributed by atoms with van der Waals surface area (Å²) in [6, 6.07) is 6.90. The fourth-order valence-electron chi connectivity index (χ4n) is 2.54. The molecule has 2 aromatic rings. The predicted octanol–water partition coefficient (Wildman–Crippen LogP) is 0.189. The van der Waals surface area contributed by atoms with Crippen LogP contribution in [-0.2, 0) is 9.59 Å². The van der Waals surface area contributed by atoms with E-state index in [1.807, 2.05) is 0 Å². The molecule has 0 saturated carbocycles. The predicted molar refractivity (Wildman–Crippen MR) is 109 cm³/mol. The van der Waals surface area contributed by atoms with E-state index in [1.165, 1.54) is 18.6 Å². The summed E-state index contributed by atoms with van der Waals surface area (Å²) in [5.74, 6) is 3.20. The molecule has 0 bridgehead atoms. The Morgan fingerprint density at radius 1 is 1.17 bits per heavy atom. The molecule has 1 unspecified atom stereocenters. The molecule has 2 rings (SSSR count). The minimum absolute atomic E-state index is 0.389. The lowest BCUT2D eigenvalue weighted by atomic mass is 10.1. The number of carboxylic acid groups (broad SMARTS) is 1. The number of anilines is 1. The van der Waals surface area contributed by atoms with Gasteiger partial charge in [-0.05, 0) is 29.3 Å². The van der Waals surface area contributed by atoms with Crippen molar-refractivity contribution in [3.8, 4) is 0 Å². The van der Waals surface area contributed by atoms with Crippen molar-refractivity contribution in [3.63, 3.8) is 0 Å². The molecule has 0 aliphatic heterocycles. The number of pyridine rings is 1. The number of rotatable bonds is 9. The van der Waals surface area contributed by atoms with Crippen LogP contribution < -0.4 is 21.8 Å². The van der Waals surface area contributed by atoms with Crippen molar-refractivity contribution in [2.45, 2.75) is 18.5 Å². The van der Waals surface area contributed by atoms with Crippen molar-refractivity contribution in [1.29, 1.82) is 0 Å². The Kier molecular flexibility index (Phi) is 8.27. The van der Waals surface area contributed by atoms with Crippen molar-refractivity contribution >= 4 is 29.8 Å². The number of nitrogens with two attached hydrogens (primary N) is 1. The van der Waals surface area contributed by atoms with Gasteiger partial charge in [0.2, 0.25) is 5.91 Å². The molecule has 1 aromatic heterocycles. The second kappa shape index (κ2) is 11.1. The third kappa shape index (κ3) is 6.87. The molecule has 11 heteroatoms. The van der Waals surface area contributed by atoms with Gasteiger partial charge in [-0.1, -0.05) is 18.2 Å². The highest BCUT2D eigenvalue weighted by Crippen LogP contribution is 2.16. The molecule has 11 nitrogen and oxygen atoms in total. The number of aromatic nitrogens is 1. The molecule has 0 saturated heterocycles. The van der Waals surface area contributed by atoms with Crippen LogP contribution in [0.2, 0.25) is 0 Å². The first-order valence-electron chi connectivity index (χ1n) is 8.86. The quantitative estimate of drug-likeness (QED) is 0.192. The van der Waals surface area contributed by atoms with Gasteiger partial charge in [-0.3, -0.25) is 14.6 Å². The van der Waals surface area contributed by atoms with Gasteiger partial charge >= 0.3 is 12.0 Å². The number of nitrogens with one attached hydrogen (secondary N) is 3. The summed E-state index contributed by atoms with van der Waals surface area (Å²) in [6.45, 7) is -0.683. The number of aliphatic carboxylic acids is 1. The number of aliphatic hydroxyl groups is 1. The first-order valence-corrected chi connectivity index (χ1v) is 8.86. The van der Waals surface area contributed by atoms with Gasteiger partial charge in [0.1, 0.15) is 6.04 Å². The maximum Gasteiger partial charge on any atom is 0.319 e. The number of carboxylic acids is 1. The molecule has 0 radical (unpaired) electrons. The third-order valence-electron chi connectivity index (χ3n) is 3.98. The molecule has 1 heterocycles. The summed E-state index contributed by atoms with van der Waals surface area (Å²) >= 11 is 0. The summed E-state index contributed by atoms with van der Waals surface area (Å²) in [7, 11) is 0. The Labute approximate surface area is 172 Å². The highest BCUT2D eigenvalue weighted by atomic mass is 16.4. The molecule has 7 N–H and O–H groups in total. The van der Waals surface area contributed by atoms with Crippen LogP contribution >= 0.6 is 0 Å². The average Bonchev–Trinajstić information content (AvgIpc) is 2.73. The Morgan fingerprint density at radius 3 is 2.47 bits per heavy atom. The second-order valence-corrected chi connectivity index (χ2v) is 6.18. The van der Waals surface area contributed by atoms with Crippen LogP contribution in [-0.4, -0.2) is 52.0 Å². The normalized spacial score (nSPS) is 12.7. The topological polar surface area (TPSA) is 179 Å². The van der Waals surface area contributed by atoms with Crippen molar-refractivity contribution < 1.29 is 24.6 Å². The van der Waals surface area contributed by atoms with Gasteiger partial charge in [-0.15, -0.1) is 0 Å². The highest BCUT2D eigenvalue weighted by Gasteiger charge is 2.25.